The van der Waals surface area contributed by atoms with E-state index in [1.165, 1.54) is 0 Å². The number of aromatic nitrogens is 1. The zero-order valence-corrected chi connectivity index (χ0v) is 10.5. The van der Waals surface area contributed by atoms with Crippen molar-refractivity contribution >= 4 is 21.9 Å². The third-order valence-electron chi connectivity index (χ3n) is 3.24. The van der Waals surface area contributed by atoms with Gasteiger partial charge in [-0.3, -0.25) is 9.78 Å². The standard InChI is InChI=1S/C12H14BrNO2/c13-10-5-8(6-14-7-10)4-9-2-1-3-11(9)12(15)16/h5-7,9,11H,1-4H2,(H,15,16). The second-order valence-corrected chi connectivity index (χ2v) is 5.27. The van der Waals surface area contributed by atoms with Gasteiger partial charge in [0.25, 0.3) is 0 Å². The summed E-state index contributed by atoms with van der Waals surface area (Å²) in [6.45, 7) is 0. The fraction of sp³-hybridized carbons (Fsp3) is 0.500. The quantitative estimate of drug-likeness (QED) is 0.928. The minimum Gasteiger partial charge on any atom is -0.481 e. The molecule has 16 heavy (non-hydrogen) atoms. The van der Waals surface area contributed by atoms with E-state index in [9.17, 15) is 4.79 Å². The van der Waals surface area contributed by atoms with Crippen molar-refractivity contribution < 1.29 is 9.90 Å². The molecule has 1 aromatic rings. The van der Waals surface area contributed by atoms with Crippen LogP contribution in [0.25, 0.3) is 0 Å². The van der Waals surface area contributed by atoms with Gasteiger partial charge in [0, 0.05) is 16.9 Å². The SMILES string of the molecule is O=C(O)C1CCCC1Cc1cncc(Br)c1. The first-order chi connectivity index (χ1) is 7.66. The van der Waals surface area contributed by atoms with Crippen LogP contribution in [0, 0.1) is 11.8 Å². The number of carbonyl (C=O) groups is 1. The van der Waals surface area contributed by atoms with E-state index in [-0.39, 0.29) is 11.8 Å². The minimum absolute atomic E-state index is 0.168. The average Bonchev–Trinajstić information content (AvgIpc) is 2.66. The molecular formula is C12H14BrNO2. The lowest BCUT2D eigenvalue weighted by molar-refractivity contribution is -0.142. The molecule has 0 radical (unpaired) electrons. The van der Waals surface area contributed by atoms with Crippen molar-refractivity contribution in [2.75, 3.05) is 0 Å². The van der Waals surface area contributed by atoms with Crippen LogP contribution in [0.3, 0.4) is 0 Å². The van der Waals surface area contributed by atoms with Crippen molar-refractivity contribution in [3.8, 4) is 0 Å². The number of rotatable bonds is 3. The van der Waals surface area contributed by atoms with Gasteiger partial charge in [-0.15, -0.1) is 0 Å². The Labute approximate surface area is 103 Å². The molecule has 0 amide bonds. The van der Waals surface area contributed by atoms with Gasteiger partial charge >= 0.3 is 5.97 Å². The summed E-state index contributed by atoms with van der Waals surface area (Å²) in [5.74, 6) is -0.543. The Morgan fingerprint density at radius 1 is 1.50 bits per heavy atom. The summed E-state index contributed by atoms with van der Waals surface area (Å²) in [4.78, 5) is 15.1. The highest BCUT2D eigenvalue weighted by atomic mass is 79.9. The van der Waals surface area contributed by atoms with E-state index in [1.807, 2.05) is 12.3 Å². The molecule has 0 spiro atoms. The molecule has 1 aromatic heterocycles. The number of halogens is 1. The lowest BCUT2D eigenvalue weighted by atomic mass is 9.90. The lowest BCUT2D eigenvalue weighted by Crippen LogP contribution is -2.20. The van der Waals surface area contributed by atoms with Gasteiger partial charge in [0.15, 0.2) is 0 Å². The number of pyridine rings is 1. The summed E-state index contributed by atoms with van der Waals surface area (Å²) in [6, 6.07) is 2.02. The second-order valence-electron chi connectivity index (χ2n) is 4.35. The highest BCUT2D eigenvalue weighted by Gasteiger charge is 2.32. The van der Waals surface area contributed by atoms with Crippen molar-refractivity contribution in [1.29, 1.82) is 0 Å². The van der Waals surface area contributed by atoms with Crippen molar-refractivity contribution in [3.63, 3.8) is 0 Å². The molecular weight excluding hydrogens is 270 g/mol. The Balaban J connectivity index is 2.06. The van der Waals surface area contributed by atoms with Gasteiger partial charge in [0.1, 0.15) is 0 Å². The zero-order chi connectivity index (χ0) is 11.5. The summed E-state index contributed by atoms with van der Waals surface area (Å²) in [5.41, 5.74) is 1.12. The van der Waals surface area contributed by atoms with E-state index in [0.717, 1.165) is 35.7 Å². The molecule has 2 rings (SSSR count). The largest absolute Gasteiger partial charge is 0.481 e. The van der Waals surface area contributed by atoms with Gasteiger partial charge in [0.2, 0.25) is 0 Å². The first kappa shape index (κ1) is 11.6. The highest BCUT2D eigenvalue weighted by molar-refractivity contribution is 9.10. The topological polar surface area (TPSA) is 50.2 Å². The molecule has 1 N–H and O–H groups in total. The van der Waals surface area contributed by atoms with Crippen molar-refractivity contribution in [1.82, 2.24) is 4.98 Å². The maximum absolute atomic E-state index is 11.0. The van der Waals surface area contributed by atoms with Crippen LogP contribution in [-0.4, -0.2) is 16.1 Å². The fourth-order valence-corrected chi connectivity index (χ4v) is 2.89. The molecule has 1 aliphatic carbocycles. The Bertz CT molecular complexity index is 394. The molecule has 1 fully saturated rings. The van der Waals surface area contributed by atoms with Crippen molar-refractivity contribution in [2.45, 2.75) is 25.7 Å². The maximum Gasteiger partial charge on any atom is 0.306 e. The molecule has 86 valence electrons. The van der Waals surface area contributed by atoms with E-state index in [1.54, 1.807) is 6.20 Å². The smallest absolute Gasteiger partial charge is 0.306 e. The van der Waals surface area contributed by atoms with E-state index in [0.29, 0.717) is 0 Å². The molecule has 0 aliphatic heterocycles. The Hall–Kier alpha value is -0.900. The van der Waals surface area contributed by atoms with Crippen LogP contribution >= 0.6 is 15.9 Å². The molecule has 0 bridgehead atoms. The van der Waals surface area contributed by atoms with Gasteiger partial charge < -0.3 is 5.11 Å². The summed E-state index contributed by atoms with van der Waals surface area (Å²) in [5, 5.41) is 9.09. The Morgan fingerprint density at radius 2 is 2.31 bits per heavy atom. The van der Waals surface area contributed by atoms with Gasteiger partial charge in [0.05, 0.1) is 5.92 Å². The molecule has 1 heterocycles. The van der Waals surface area contributed by atoms with Crippen LogP contribution in [0.4, 0.5) is 0 Å². The van der Waals surface area contributed by atoms with E-state index >= 15 is 0 Å². The van der Waals surface area contributed by atoms with Crippen LogP contribution in [0.5, 0.6) is 0 Å². The van der Waals surface area contributed by atoms with Crippen LogP contribution < -0.4 is 0 Å². The summed E-state index contributed by atoms with van der Waals surface area (Å²) < 4.78 is 0.954. The molecule has 4 heteroatoms. The number of carboxylic acids is 1. The maximum atomic E-state index is 11.0. The van der Waals surface area contributed by atoms with Crippen LogP contribution in [-0.2, 0) is 11.2 Å². The third-order valence-corrected chi connectivity index (χ3v) is 3.67. The van der Waals surface area contributed by atoms with Gasteiger partial charge in [-0.05, 0) is 52.7 Å². The van der Waals surface area contributed by atoms with E-state index in [2.05, 4.69) is 20.9 Å². The molecule has 0 saturated heterocycles. The van der Waals surface area contributed by atoms with Gasteiger partial charge in [-0.25, -0.2) is 0 Å². The number of nitrogens with zero attached hydrogens (tertiary/aromatic N) is 1. The van der Waals surface area contributed by atoms with E-state index < -0.39 is 5.97 Å². The first-order valence-electron chi connectivity index (χ1n) is 5.49. The molecule has 0 aromatic carbocycles. The van der Waals surface area contributed by atoms with Crippen LogP contribution in [0.15, 0.2) is 22.9 Å². The molecule has 1 saturated carbocycles. The molecule has 2 unspecified atom stereocenters. The summed E-state index contributed by atoms with van der Waals surface area (Å²) in [6.07, 6.45) is 7.26. The van der Waals surface area contributed by atoms with Crippen molar-refractivity contribution in [2.24, 2.45) is 11.8 Å². The molecule has 2 atom stereocenters. The Morgan fingerprint density at radius 3 is 3.00 bits per heavy atom. The summed E-state index contributed by atoms with van der Waals surface area (Å²) in [7, 11) is 0. The predicted octanol–water partition coefficient (Wildman–Crippen LogP) is 2.89. The monoisotopic (exact) mass is 283 g/mol. The predicted molar refractivity (Wildman–Crippen MR) is 64.1 cm³/mol. The zero-order valence-electron chi connectivity index (χ0n) is 8.90. The fourth-order valence-electron chi connectivity index (χ4n) is 2.48. The highest BCUT2D eigenvalue weighted by Crippen LogP contribution is 2.34. The van der Waals surface area contributed by atoms with E-state index in [4.69, 9.17) is 5.11 Å². The third kappa shape index (κ3) is 2.61. The van der Waals surface area contributed by atoms with Crippen molar-refractivity contribution in [3.05, 3.63) is 28.5 Å². The minimum atomic E-state index is -0.648. The van der Waals surface area contributed by atoms with Crippen LogP contribution in [0.2, 0.25) is 0 Å². The van der Waals surface area contributed by atoms with Gasteiger partial charge in [-0.1, -0.05) is 6.42 Å². The number of hydrogen-bond donors (Lipinski definition) is 1. The number of hydrogen-bond acceptors (Lipinski definition) is 2. The Kier molecular flexibility index (Phi) is 3.59. The average molecular weight is 284 g/mol. The number of carboxylic acid groups (broad SMARTS) is 1. The second kappa shape index (κ2) is 4.95. The molecule has 1 aliphatic rings. The first-order valence-corrected chi connectivity index (χ1v) is 6.28. The van der Waals surface area contributed by atoms with Crippen LogP contribution in [0.1, 0.15) is 24.8 Å². The number of aliphatic carboxylic acids is 1. The molecule has 3 nitrogen and oxygen atoms in total. The summed E-state index contributed by atoms with van der Waals surface area (Å²) >= 11 is 3.38. The van der Waals surface area contributed by atoms with Gasteiger partial charge in [-0.2, -0.15) is 0 Å². The lowest BCUT2D eigenvalue weighted by Gasteiger charge is -2.15. The normalized spacial score (nSPS) is 24.6.